The van der Waals surface area contributed by atoms with E-state index in [-0.39, 0.29) is 5.91 Å². The van der Waals surface area contributed by atoms with Gasteiger partial charge < -0.3 is 10.6 Å². The SMILES string of the molecule is CNC(=O)C(C)(C)CNCc1ccc(Br)c(Cl)c1. The van der Waals surface area contributed by atoms with Gasteiger partial charge in [-0.2, -0.15) is 0 Å². The molecule has 0 aliphatic carbocycles. The predicted molar refractivity (Wildman–Crippen MR) is 78.7 cm³/mol. The van der Waals surface area contributed by atoms with Crippen LogP contribution in [0.5, 0.6) is 0 Å². The van der Waals surface area contributed by atoms with E-state index >= 15 is 0 Å². The molecule has 0 bridgehead atoms. The van der Waals surface area contributed by atoms with Gasteiger partial charge in [0.05, 0.1) is 10.4 Å². The van der Waals surface area contributed by atoms with Crippen LogP contribution >= 0.6 is 27.5 Å². The third-order valence-electron chi connectivity index (χ3n) is 2.72. The van der Waals surface area contributed by atoms with Gasteiger partial charge in [-0.15, -0.1) is 0 Å². The molecule has 0 aliphatic rings. The first kappa shape index (κ1) is 15.5. The molecule has 0 aromatic heterocycles. The molecule has 1 aromatic carbocycles. The Morgan fingerprint density at radius 1 is 1.44 bits per heavy atom. The van der Waals surface area contributed by atoms with Crippen molar-refractivity contribution in [3.8, 4) is 0 Å². The van der Waals surface area contributed by atoms with Gasteiger partial charge in [-0.1, -0.05) is 17.7 Å². The van der Waals surface area contributed by atoms with Crippen LogP contribution in [0.2, 0.25) is 5.02 Å². The summed E-state index contributed by atoms with van der Waals surface area (Å²) < 4.78 is 0.888. The zero-order valence-corrected chi connectivity index (χ0v) is 13.2. The normalized spacial score (nSPS) is 11.4. The zero-order chi connectivity index (χ0) is 13.8. The molecule has 5 heteroatoms. The molecule has 1 amide bonds. The van der Waals surface area contributed by atoms with Crippen LogP contribution in [-0.4, -0.2) is 19.5 Å². The minimum Gasteiger partial charge on any atom is -0.359 e. The first-order chi connectivity index (χ1) is 8.36. The third-order valence-corrected chi connectivity index (χ3v) is 3.95. The quantitative estimate of drug-likeness (QED) is 0.870. The smallest absolute Gasteiger partial charge is 0.226 e. The summed E-state index contributed by atoms with van der Waals surface area (Å²) in [6, 6.07) is 5.82. The highest BCUT2D eigenvalue weighted by molar-refractivity contribution is 9.10. The molecule has 100 valence electrons. The van der Waals surface area contributed by atoms with Crippen LogP contribution in [0, 0.1) is 5.41 Å². The van der Waals surface area contributed by atoms with E-state index < -0.39 is 5.41 Å². The second-order valence-electron chi connectivity index (χ2n) is 4.82. The fraction of sp³-hybridized carbons (Fsp3) is 0.462. The van der Waals surface area contributed by atoms with E-state index in [1.54, 1.807) is 7.05 Å². The maximum absolute atomic E-state index is 11.6. The molecule has 2 N–H and O–H groups in total. The van der Waals surface area contributed by atoms with Crippen molar-refractivity contribution < 1.29 is 4.79 Å². The molecule has 3 nitrogen and oxygen atoms in total. The van der Waals surface area contributed by atoms with Crippen LogP contribution in [-0.2, 0) is 11.3 Å². The highest BCUT2D eigenvalue weighted by Crippen LogP contribution is 2.23. The molecule has 0 unspecified atom stereocenters. The van der Waals surface area contributed by atoms with Crippen molar-refractivity contribution in [1.82, 2.24) is 10.6 Å². The summed E-state index contributed by atoms with van der Waals surface area (Å²) >= 11 is 9.37. The molecular formula is C13H18BrClN2O. The molecule has 0 radical (unpaired) electrons. The summed E-state index contributed by atoms with van der Waals surface area (Å²) in [5.74, 6) is 0.0313. The van der Waals surface area contributed by atoms with Gasteiger partial charge in [-0.25, -0.2) is 0 Å². The fourth-order valence-electron chi connectivity index (χ4n) is 1.59. The largest absolute Gasteiger partial charge is 0.359 e. The molecule has 0 saturated carbocycles. The second-order valence-corrected chi connectivity index (χ2v) is 6.08. The Balaban J connectivity index is 2.51. The minimum atomic E-state index is -0.423. The van der Waals surface area contributed by atoms with Crippen molar-refractivity contribution in [2.24, 2.45) is 5.41 Å². The summed E-state index contributed by atoms with van der Waals surface area (Å²) in [6.07, 6.45) is 0. The predicted octanol–water partition coefficient (Wildman–Crippen LogP) is 2.96. The zero-order valence-electron chi connectivity index (χ0n) is 10.8. The van der Waals surface area contributed by atoms with Crippen LogP contribution in [0.1, 0.15) is 19.4 Å². The van der Waals surface area contributed by atoms with Crippen LogP contribution in [0.3, 0.4) is 0 Å². The van der Waals surface area contributed by atoms with Gasteiger partial charge in [0.1, 0.15) is 0 Å². The van der Waals surface area contributed by atoms with Gasteiger partial charge >= 0.3 is 0 Å². The van der Waals surface area contributed by atoms with E-state index in [0.717, 1.165) is 10.0 Å². The number of rotatable bonds is 5. The molecule has 1 aromatic rings. The highest BCUT2D eigenvalue weighted by atomic mass is 79.9. The van der Waals surface area contributed by atoms with Gasteiger partial charge in [0, 0.05) is 24.6 Å². The maximum Gasteiger partial charge on any atom is 0.226 e. The number of carbonyl (C=O) groups is 1. The average molecular weight is 334 g/mol. The fourth-order valence-corrected chi connectivity index (χ4v) is 2.04. The molecule has 0 spiro atoms. The number of hydrogen-bond acceptors (Lipinski definition) is 2. The Hall–Kier alpha value is -0.580. The molecule has 18 heavy (non-hydrogen) atoms. The molecule has 0 saturated heterocycles. The van der Waals surface area contributed by atoms with E-state index in [1.165, 1.54) is 0 Å². The van der Waals surface area contributed by atoms with Crippen molar-refractivity contribution >= 4 is 33.4 Å². The van der Waals surface area contributed by atoms with Crippen LogP contribution in [0.15, 0.2) is 22.7 Å². The summed E-state index contributed by atoms with van der Waals surface area (Å²) in [4.78, 5) is 11.6. The minimum absolute atomic E-state index is 0.0313. The molecule has 0 fully saturated rings. The van der Waals surface area contributed by atoms with E-state index in [9.17, 15) is 4.79 Å². The Morgan fingerprint density at radius 2 is 2.11 bits per heavy atom. The summed E-state index contributed by atoms with van der Waals surface area (Å²) in [5.41, 5.74) is 0.671. The van der Waals surface area contributed by atoms with E-state index in [4.69, 9.17) is 11.6 Å². The van der Waals surface area contributed by atoms with Crippen LogP contribution < -0.4 is 10.6 Å². The first-order valence-electron chi connectivity index (χ1n) is 5.73. The number of nitrogens with one attached hydrogen (secondary N) is 2. The van der Waals surface area contributed by atoms with Gasteiger partial charge in [0.15, 0.2) is 0 Å². The van der Waals surface area contributed by atoms with Gasteiger partial charge in [0.25, 0.3) is 0 Å². The lowest BCUT2D eigenvalue weighted by molar-refractivity contribution is -0.128. The lowest BCUT2D eigenvalue weighted by Crippen LogP contribution is -2.41. The molecule has 0 aliphatic heterocycles. The lowest BCUT2D eigenvalue weighted by Gasteiger charge is -2.23. The highest BCUT2D eigenvalue weighted by Gasteiger charge is 2.25. The van der Waals surface area contributed by atoms with E-state index in [0.29, 0.717) is 18.1 Å². The topological polar surface area (TPSA) is 41.1 Å². The average Bonchev–Trinajstić information content (AvgIpc) is 2.32. The number of amides is 1. The van der Waals surface area contributed by atoms with Crippen LogP contribution in [0.25, 0.3) is 0 Å². The Morgan fingerprint density at radius 3 is 2.67 bits per heavy atom. The van der Waals surface area contributed by atoms with Crippen molar-refractivity contribution in [2.75, 3.05) is 13.6 Å². The molecule has 1 rings (SSSR count). The van der Waals surface area contributed by atoms with E-state index in [2.05, 4.69) is 26.6 Å². The second kappa shape index (κ2) is 6.55. The maximum atomic E-state index is 11.6. The molecular weight excluding hydrogens is 316 g/mol. The number of benzene rings is 1. The van der Waals surface area contributed by atoms with Crippen molar-refractivity contribution in [2.45, 2.75) is 20.4 Å². The number of hydrogen-bond donors (Lipinski definition) is 2. The monoisotopic (exact) mass is 332 g/mol. The number of halogens is 2. The van der Waals surface area contributed by atoms with Gasteiger partial charge in [-0.3, -0.25) is 4.79 Å². The Labute approximate surface area is 121 Å². The standard InChI is InChI=1S/C13H18BrClN2O/c1-13(2,12(18)16-3)8-17-7-9-4-5-10(14)11(15)6-9/h4-6,17H,7-8H2,1-3H3,(H,16,18). The third kappa shape index (κ3) is 4.26. The first-order valence-corrected chi connectivity index (χ1v) is 6.91. The van der Waals surface area contributed by atoms with Crippen LogP contribution in [0.4, 0.5) is 0 Å². The molecule has 0 heterocycles. The Bertz CT molecular complexity index is 435. The lowest BCUT2D eigenvalue weighted by atomic mass is 9.92. The van der Waals surface area contributed by atoms with E-state index in [1.807, 2.05) is 32.0 Å². The van der Waals surface area contributed by atoms with Crippen molar-refractivity contribution in [3.63, 3.8) is 0 Å². The summed E-state index contributed by atoms with van der Waals surface area (Å²) in [5, 5.41) is 6.63. The van der Waals surface area contributed by atoms with Gasteiger partial charge in [0.2, 0.25) is 5.91 Å². The Kier molecular flexibility index (Phi) is 5.63. The van der Waals surface area contributed by atoms with Gasteiger partial charge in [-0.05, 0) is 47.5 Å². The summed E-state index contributed by atoms with van der Waals surface area (Å²) in [6.45, 7) is 5.12. The summed E-state index contributed by atoms with van der Waals surface area (Å²) in [7, 11) is 1.65. The van der Waals surface area contributed by atoms with Crippen molar-refractivity contribution in [3.05, 3.63) is 33.3 Å². The number of carbonyl (C=O) groups excluding carboxylic acids is 1. The molecule has 0 atom stereocenters. The van der Waals surface area contributed by atoms with Crippen molar-refractivity contribution in [1.29, 1.82) is 0 Å².